The van der Waals surface area contributed by atoms with Gasteiger partial charge in [-0.15, -0.1) is 11.3 Å². The lowest BCUT2D eigenvalue weighted by molar-refractivity contribution is 0.155. The summed E-state index contributed by atoms with van der Waals surface area (Å²) in [5.41, 5.74) is 7.01. The molecular weight excluding hydrogens is 509 g/mol. The third-order valence-corrected chi connectivity index (χ3v) is 8.22. The Morgan fingerprint density at radius 2 is 1.77 bits per heavy atom. The first-order valence-corrected chi connectivity index (χ1v) is 14.1. The smallest absolute Gasteiger partial charge is 0.177 e. The van der Waals surface area contributed by atoms with E-state index in [0.29, 0.717) is 5.65 Å². The number of thiophene rings is 1. The van der Waals surface area contributed by atoms with E-state index in [1.54, 1.807) is 12.3 Å². The van der Waals surface area contributed by atoms with E-state index in [-0.39, 0.29) is 11.2 Å². The second-order valence-electron chi connectivity index (χ2n) is 10.1. The van der Waals surface area contributed by atoms with Crippen molar-refractivity contribution >= 4 is 33.3 Å². The molecule has 5 heterocycles. The SMILES string of the molecule is Cc1cc(OC2CCCCC2)cc(-c2cnc3ncnc(-c4cc5c(-c6ccc(F)s6)nccc5[nH]4)c3c2)c1. The van der Waals surface area contributed by atoms with Gasteiger partial charge in [0.2, 0.25) is 0 Å². The van der Waals surface area contributed by atoms with Crippen molar-refractivity contribution in [3.8, 4) is 38.8 Å². The molecule has 0 unspecified atom stereocenters. The topological polar surface area (TPSA) is 76.6 Å². The highest BCUT2D eigenvalue weighted by Crippen LogP contribution is 2.36. The molecule has 0 bridgehead atoms. The van der Waals surface area contributed by atoms with Crippen LogP contribution in [0.25, 0.3) is 55.0 Å². The Hall–Kier alpha value is -4.17. The highest BCUT2D eigenvalue weighted by Gasteiger charge is 2.17. The fraction of sp³-hybridized carbons (Fsp3) is 0.226. The fourth-order valence-electron chi connectivity index (χ4n) is 5.50. The highest BCUT2D eigenvalue weighted by atomic mass is 32.1. The number of fused-ring (bicyclic) bond motifs is 2. The van der Waals surface area contributed by atoms with Crippen molar-refractivity contribution in [1.82, 2.24) is 24.9 Å². The summed E-state index contributed by atoms with van der Waals surface area (Å²) in [6, 6.07) is 15.6. The predicted molar refractivity (Wildman–Crippen MR) is 153 cm³/mol. The number of pyridine rings is 2. The third-order valence-electron chi connectivity index (χ3n) is 7.34. The zero-order valence-electron chi connectivity index (χ0n) is 21.4. The van der Waals surface area contributed by atoms with Gasteiger partial charge >= 0.3 is 0 Å². The molecule has 5 aromatic heterocycles. The van der Waals surface area contributed by atoms with E-state index < -0.39 is 0 Å². The summed E-state index contributed by atoms with van der Waals surface area (Å²) >= 11 is 1.09. The van der Waals surface area contributed by atoms with Crippen LogP contribution in [0.1, 0.15) is 37.7 Å². The molecule has 1 aromatic carbocycles. The molecule has 0 spiro atoms. The molecule has 1 N–H and O–H groups in total. The summed E-state index contributed by atoms with van der Waals surface area (Å²) in [4.78, 5) is 22.5. The molecule has 1 aliphatic rings. The van der Waals surface area contributed by atoms with E-state index in [4.69, 9.17) is 4.74 Å². The van der Waals surface area contributed by atoms with Crippen LogP contribution < -0.4 is 4.74 Å². The number of nitrogens with zero attached hydrogens (tertiary/aromatic N) is 4. The van der Waals surface area contributed by atoms with Gasteiger partial charge < -0.3 is 9.72 Å². The molecule has 194 valence electrons. The third kappa shape index (κ3) is 4.65. The number of halogens is 1. The number of rotatable bonds is 5. The summed E-state index contributed by atoms with van der Waals surface area (Å²) in [5.74, 6) is 0.905. The van der Waals surface area contributed by atoms with E-state index in [9.17, 15) is 4.39 Å². The number of H-pyrrole nitrogens is 1. The Morgan fingerprint density at radius 3 is 2.62 bits per heavy atom. The van der Waals surface area contributed by atoms with Crippen LogP contribution in [-0.2, 0) is 0 Å². The van der Waals surface area contributed by atoms with Crippen molar-refractivity contribution in [1.29, 1.82) is 0 Å². The summed E-state index contributed by atoms with van der Waals surface area (Å²) in [6.45, 7) is 2.09. The normalized spacial score (nSPS) is 14.3. The van der Waals surface area contributed by atoms with Crippen LogP contribution in [0, 0.1) is 12.1 Å². The minimum Gasteiger partial charge on any atom is -0.490 e. The molecule has 6 nitrogen and oxygen atoms in total. The average Bonchev–Trinajstić information content (AvgIpc) is 3.59. The fourth-order valence-corrected chi connectivity index (χ4v) is 6.24. The molecule has 0 radical (unpaired) electrons. The highest BCUT2D eigenvalue weighted by molar-refractivity contribution is 7.13. The Balaban J connectivity index is 1.30. The zero-order chi connectivity index (χ0) is 26.3. The van der Waals surface area contributed by atoms with Crippen molar-refractivity contribution in [3.63, 3.8) is 0 Å². The molecule has 0 saturated heterocycles. The minimum atomic E-state index is -0.233. The van der Waals surface area contributed by atoms with E-state index in [2.05, 4.69) is 56.1 Å². The molecule has 1 aliphatic carbocycles. The van der Waals surface area contributed by atoms with Crippen LogP contribution in [-0.4, -0.2) is 31.0 Å². The van der Waals surface area contributed by atoms with Crippen LogP contribution >= 0.6 is 11.3 Å². The lowest BCUT2D eigenvalue weighted by atomic mass is 9.97. The Labute approximate surface area is 229 Å². The van der Waals surface area contributed by atoms with Gasteiger partial charge in [-0.25, -0.2) is 15.0 Å². The molecule has 39 heavy (non-hydrogen) atoms. The molecule has 8 heteroatoms. The van der Waals surface area contributed by atoms with E-state index in [1.165, 1.54) is 31.7 Å². The monoisotopic (exact) mass is 535 g/mol. The second-order valence-corrected chi connectivity index (χ2v) is 11.2. The second kappa shape index (κ2) is 9.85. The number of aromatic amines is 1. The zero-order valence-corrected chi connectivity index (χ0v) is 22.3. The number of hydrogen-bond acceptors (Lipinski definition) is 6. The van der Waals surface area contributed by atoms with Crippen LogP contribution in [0.4, 0.5) is 4.39 Å². The number of aryl methyl sites for hydroxylation is 1. The lowest BCUT2D eigenvalue weighted by Gasteiger charge is -2.23. The van der Waals surface area contributed by atoms with Gasteiger partial charge in [0, 0.05) is 34.2 Å². The average molecular weight is 536 g/mol. The number of ether oxygens (including phenoxy) is 1. The van der Waals surface area contributed by atoms with Crippen LogP contribution in [0.5, 0.6) is 5.75 Å². The largest absolute Gasteiger partial charge is 0.490 e. The number of benzene rings is 1. The maximum absolute atomic E-state index is 13.8. The van der Waals surface area contributed by atoms with Gasteiger partial charge in [-0.1, -0.05) is 12.5 Å². The molecule has 0 amide bonds. The molecular formula is C31H26FN5OS. The first-order valence-electron chi connectivity index (χ1n) is 13.2. The first kappa shape index (κ1) is 23.9. The quantitative estimate of drug-likeness (QED) is 0.241. The van der Waals surface area contributed by atoms with Gasteiger partial charge in [-0.3, -0.25) is 4.98 Å². The van der Waals surface area contributed by atoms with Gasteiger partial charge in [-0.2, -0.15) is 4.39 Å². The summed E-state index contributed by atoms with van der Waals surface area (Å²) in [5, 5.41) is 1.52. The maximum Gasteiger partial charge on any atom is 0.177 e. The molecule has 1 fully saturated rings. The number of hydrogen-bond donors (Lipinski definition) is 1. The number of aromatic nitrogens is 5. The Kier molecular flexibility index (Phi) is 6.04. The maximum atomic E-state index is 13.8. The Bertz CT molecular complexity index is 1820. The number of nitrogens with one attached hydrogen (secondary N) is 1. The van der Waals surface area contributed by atoms with Gasteiger partial charge in [0.15, 0.2) is 10.8 Å². The lowest BCUT2D eigenvalue weighted by Crippen LogP contribution is -2.19. The van der Waals surface area contributed by atoms with Crippen molar-refractivity contribution in [2.24, 2.45) is 0 Å². The van der Waals surface area contributed by atoms with E-state index in [1.807, 2.05) is 18.3 Å². The molecule has 0 aliphatic heterocycles. The van der Waals surface area contributed by atoms with Crippen LogP contribution in [0.15, 0.2) is 67.3 Å². The van der Waals surface area contributed by atoms with Crippen molar-refractivity contribution in [2.45, 2.75) is 45.1 Å². The van der Waals surface area contributed by atoms with Crippen LogP contribution in [0.2, 0.25) is 0 Å². The molecule has 6 aromatic rings. The van der Waals surface area contributed by atoms with Crippen molar-refractivity contribution < 1.29 is 9.13 Å². The van der Waals surface area contributed by atoms with Crippen LogP contribution in [0.3, 0.4) is 0 Å². The minimum absolute atomic E-state index is 0.233. The standard InChI is InChI=1S/C31H26FN5OS/c1-18-11-19(13-22(12-18)38-21-5-3-2-4-6-21)20-14-24-29(35-17-36-31(24)34-16-20)26-15-23-25(37-26)9-10-33-30(23)27-7-8-28(32)39-27/h7-17,21,37H,2-6H2,1H3. The predicted octanol–water partition coefficient (Wildman–Crippen LogP) is 8.12. The first-order chi connectivity index (χ1) is 19.1. The van der Waals surface area contributed by atoms with Gasteiger partial charge in [0.1, 0.15) is 12.1 Å². The van der Waals surface area contributed by atoms with Gasteiger partial charge in [0.05, 0.1) is 28.1 Å². The van der Waals surface area contributed by atoms with Gasteiger partial charge in [-0.05, 0) is 86.2 Å². The molecule has 1 saturated carbocycles. The van der Waals surface area contributed by atoms with Crippen molar-refractivity contribution in [3.05, 3.63) is 77.9 Å². The molecule has 0 atom stereocenters. The van der Waals surface area contributed by atoms with E-state index >= 15 is 0 Å². The van der Waals surface area contributed by atoms with Gasteiger partial charge in [0.25, 0.3) is 0 Å². The summed E-state index contributed by atoms with van der Waals surface area (Å²) < 4.78 is 20.1. The Morgan fingerprint density at radius 1 is 0.872 bits per heavy atom. The van der Waals surface area contributed by atoms with Crippen molar-refractivity contribution in [2.75, 3.05) is 0 Å². The summed E-state index contributed by atoms with van der Waals surface area (Å²) in [6.07, 6.45) is 11.4. The molecule has 7 rings (SSSR count). The van der Waals surface area contributed by atoms with E-state index in [0.717, 1.165) is 84.9 Å². The summed E-state index contributed by atoms with van der Waals surface area (Å²) in [7, 11) is 0.